The van der Waals surface area contributed by atoms with Gasteiger partial charge in [-0.15, -0.1) is 0 Å². The van der Waals surface area contributed by atoms with Crippen LogP contribution in [0, 0.1) is 5.82 Å². The number of aryl methyl sites for hydroxylation is 2. The number of rotatable bonds is 1. The number of carbonyl (C=O) groups excluding carboxylic acids is 1. The van der Waals surface area contributed by atoms with Gasteiger partial charge < -0.3 is 4.57 Å². The maximum Gasteiger partial charge on any atom is 0.274 e. The summed E-state index contributed by atoms with van der Waals surface area (Å²) in [5.74, 6) is -1.14. The average molecular weight is 246 g/mol. The van der Waals surface area contributed by atoms with Gasteiger partial charge in [0.1, 0.15) is 5.82 Å². The molecule has 0 saturated carbocycles. The van der Waals surface area contributed by atoms with Gasteiger partial charge in [-0.25, -0.2) is 9.87 Å². The van der Waals surface area contributed by atoms with E-state index in [4.69, 9.17) is 5.21 Å². The van der Waals surface area contributed by atoms with E-state index in [1.54, 1.807) is 6.07 Å². The van der Waals surface area contributed by atoms with E-state index in [2.05, 4.69) is 0 Å². The Balaban J connectivity index is 2.19. The first kappa shape index (κ1) is 11.0. The Morgan fingerprint density at radius 2 is 2.28 bits per heavy atom. The summed E-state index contributed by atoms with van der Waals surface area (Å²) in [6.45, 7) is 0.763. The SMILES string of the molecule is O=C(NO)c1cc(F)c2c(c1)CCn1cccc1-2. The molecule has 2 N–H and O–H groups in total. The van der Waals surface area contributed by atoms with Gasteiger partial charge in [0.05, 0.1) is 5.69 Å². The molecule has 1 aliphatic heterocycles. The lowest BCUT2D eigenvalue weighted by Gasteiger charge is -2.20. The van der Waals surface area contributed by atoms with E-state index in [-0.39, 0.29) is 5.56 Å². The number of nitrogens with zero attached hydrogens (tertiary/aromatic N) is 1. The highest BCUT2D eigenvalue weighted by Crippen LogP contribution is 2.32. The van der Waals surface area contributed by atoms with Crippen molar-refractivity contribution in [3.63, 3.8) is 0 Å². The van der Waals surface area contributed by atoms with Gasteiger partial charge in [0.15, 0.2) is 0 Å². The molecule has 0 fully saturated rings. The third-order valence-electron chi connectivity index (χ3n) is 3.24. The van der Waals surface area contributed by atoms with Crippen molar-refractivity contribution in [3.05, 3.63) is 47.4 Å². The van der Waals surface area contributed by atoms with E-state index in [0.29, 0.717) is 12.0 Å². The van der Waals surface area contributed by atoms with Crippen LogP contribution in [0.15, 0.2) is 30.5 Å². The summed E-state index contributed by atoms with van der Waals surface area (Å²) in [6, 6.07) is 6.50. The molecule has 1 amide bonds. The molecule has 3 rings (SSSR count). The standard InChI is InChI=1S/C13H11FN2O2/c14-10-7-9(13(17)15-18)6-8-3-5-16-4-1-2-11(16)12(8)10/h1-2,4,6-7,18H,3,5H2,(H,15,17). The first-order chi connectivity index (χ1) is 8.70. The lowest BCUT2D eigenvalue weighted by molar-refractivity contribution is 0.0706. The first-order valence-corrected chi connectivity index (χ1v) is 5.63. The Bertz CT molecular complexity index is 634. The van der Waals surface area contributed by atoms with Gasteiger partial charge in [0.25, 0.3) is 5.91 Å². The smallest absolute Gasteiger partial charge is 0.274 e. The van der Waals surface area contributed by atoms with Crippen LogP contribution in [0.2, 0.25) is 0 Å². The number of hydrogen-bond acceptors (Lipinski definition) is 2. The van der Waals surface area contributed by atoms with Crippen LogP contribution >= 0.6 is 0 Å². The van der Waals surface area contributed by atoms with Crippen molar-refractivity contribution in [2.45, 2.75) is 13.0 Å². The second-order valence-corrected chi connectivity index (χ2v) is 4.27. The predicted octanol–water partition coefficient (Wildman–Crippen LogP) is 1.97. The van der Waals surface area contributed by atoms with Crippen molar-refractivity contribution in [1.29, 1.82) is 0 Å². The number of nitrogens with one attached hydrogen (secondary N) is 1. The van der Waals surface area contributed by atoms with Gasteiger partial charge in [-0.1, -0.05) is 0 Å². The Morgan fingerprint density at radius 1 is 1.44 bits per heavy atom. The molecule has 5 heteroatoms. The summed E-state index contributed by atoms with van der Waals surface area (Å²) >= 11 is 0. The number of aromatic nitrogens is 1. The van der Waals surface area contributed by atoms with Crippen LogP contribution in [0.4, 0.5) is 4.39 Å². The van der Waals surface area contributed by atoms with Crippen molar-refractivity contribution in [2.24, 2.45) is 0 Å². The van der Waals surface area contributed by atoms with Crippen LogP contribution in [0.3, 0.4) is 0 Å². The van der Waals surface area contributed by atoms with Crippen molar-refractivity contribution in [2.75, 3.05) is 0 Å². The maximum atomic E-state index is 14.1. The Kier molecular flexibility index (Phi) is 2.41. The van der Waals surface area contributed by atoms with E-state index >= 15 is 0 Å². The zero-order chi connectivity index (χ0) is 12.7. The second-order valence-electron chi connectivity index (χ2n) is 4.27. The van der Waals surface area contributed by atoms with Crippen LogP contribution in [0.5, 0.6) is 0 Å². The number of hydrogen-bond donors (Lipinski definition) is 2. The highest BCUT2D eigenvalue weighted by atomic mass is 19.1. The van der Waals surface area contributed by atoms with Gasteiger partial charge in [-0.2, -0.15) is 0 Å². The molecule has 18 heavy (non-hydrogen) atoms. The monoisotopic (exact) mass is 246 g/mol. The molecule has 0 radical (unpaired) electrons. The van der Waals surface area contributed by atoms with E-state index in [1.165, 1.54) is 5.48 Å². The number of halogens is 1. The van der Waals surface area contributed by atoms with E-state index in [0.717, 1.165) is 23.9 Å². The third kappa shape index (κ3) is 1.52. The zero-order valence-electron chi connectivity index (χ0n) is 9.48. The molecule has 0 atom stereocenters. The summed E-state index contributed by atoms with van der Waals surface area (Å²) in [6.07, 6.45) is 2.58. The van der Waals surface area contributed by atoms with Crippen LogP contribution in [0.1, 0.15) is 15.9 Å². The normalized spacial score (nSPS) is 12.8. The minimum atomic E-state index is -0.697. The molecule has 1 aromatic heterocycles. The fourth-order valence-electron chi connectivity index (χ4n) is 2.42. The summed E-state index contributed by atoms with van der Waals surface area (Å²) < 4.78 is 16.1. The lowest BCUT2D eigenvalue weighted by Crippen LogP contribution is -2.20. The third-order valence-corrected chi connectivity index (χ3v) is 3.24. The van der Waals surface area contributed by atoms with Crippen molar-refractivity contribution >= 4 is 5.91 Å². The van der Waals surface area contributed by atoms with Gasteiger partial charge in [0, 0.05) is 23.9 Å². The van der Waals surface area contributed by atoms with Crippen LogP contribution in [-0.4, -0.2) is 15.7 Å². The molecule has 1 aliphatic rings. The minimum Gasteiger partial charge on any atom is -0.347 e. The zero-order valence-corrected chi connectivity index (χ0v) is 9.48. The predicted molar refractivity (Wildman–Crippen MR) is 62.8 cm³/mol. The Labute approximate surface area is 103 Å². The summed E-state index contributed by atoms with van der Waals surface area (Å²) in [7, 11) is 0. The number of benzene rings is 1. The minimum absolute atomic E-state index is 0.133. The van der Waals surface area contributed by atoms with Crippen molar-refractivity contribution in [3.8, 4) is 11.3 Å². The van der Waals surface area contributed by atoms with Crippen LogP contribution in [-0.2, 0) is 13.0 Å². The highest BCUT2D eigenvalue weighted by molar-refractivity contribution is 5.94. The number of fused-ring (bicyclic) bond motifs is 3. The molecule has 1 aromatic carbocycles. The number of hydroxylamine groups is 1. The summed E-state index contributed by atoms with van der Waals surface area (Å²) in [5, 5.41) is 8.58. The van der Waals surface area contributed by atoms with E-state index in [9.17, 15) is 9.18 Å². The summed E-state index contributed by atoms with van der Waals surface area (Å²) in [4.78, 5) is 11.3. The van der Waals surface area contributed by atoms with Crippen LogP contribution < -0.4 is 5.48 Å². The topological polar surface area (TPSA) is 54.3 Å². The molecule has 4 nitrogen and oxygen atoms in total. The fraction of sp³-hybridized carbons (Fsp3) is 0.154. The van der Waals surface area contributed by atoms with E-state index < -0.39 is 11.7 Å². The molecule has 0 aliphatic carbocycles. The molecular formula is C13H11FN2O2. The molecule has 2 aromatic rings. The quantitative estimate of drug-likeness (QED) is 0.597. The molecule has 0 bridgehead atoms. The number of carbonyl (C=O) groups is 1. The number of amides is 1. The fourth-order valence-corrected chi connectivity index (χ4v) is 2.42. The largest absolute Gasteiger partial charge is 0.347 e. The Hall–Kier alpha value is -2.14. The molecule has 0 unspecified atom stereocenters. The first-order valence-electron chi connectivity index (χ1n) is 5.63. The molecule has 0 spiro atoms. The second kappa shape index (κ2) is 3.96. The van der Waals surface area contributed by atoms with Crippen LogP contribution in [0.25, 0.3) is 11.3 Å². The van der Waals surface area contributed by atoms with Gasteiger partial charge in [-0.3, -0.25) is 10.0 Å². The average Bonchev–Trinajstić information content (AvgIpc) is 2.85. The molecule has 2 heterocycles. The maximum absolute atomic E-state index is 14.1. The Morgan fingerprint density at radius 3 is 3.06 bits per heavy atom. The molecular weight excluding hydrogens is 235 g/mol. The molecule has 0 saturated heterocycles. The highest BCUT2D eigenvalue weighted by Gasteiger charge is 2.21. The summed E-state index contributed by atoms with van der Waals surface area (Å²) in [5.41, 5.74) is 3.81. The van der Waals surface area contributed by atoms with Crippen molar-refractivity contribution < 1.29 is 14.4 Å². The van der Waals surface area contributed by atoms with Gasteiger partial charge >= 0.3 is 0 Å². The van der Waals surface area contributed by atoms with Gasteiger partial charge in [-0.05, 0) is 36.2 Å². The lowest BCUT2D eigenvalue weighted by atomic mass is 9.95. The van der Waals surface area contributed by atoms with E-state index in [1.807, 2.05) is 22.9 Å². The van der Waals surface area contributed by atoms with Crippen molar-refractivity contribution in [1.82, 2.24) is 10.0 Å². The molecule has 92 valence electrons. The van der Waals surface area contributed by atoms with Gasteiger partial charge in [0.2, 0.25) is 0 Å².